The first-order chi connectivity index (χ1) is 6.08. The van der Waals surface area contributed by atoms with Crippen molar-refractivity contribution in [2.75, 3.05) is 20.8 Å². The topological polar surface area (TPSA) is 44.5 Å². The van der Waals surface area contributed by atoms with Crippen LogP contribution in [0.15, 0.2) is 0 Å². The van der Waals surface area contributed by atoms with Gasteiger partial charge < -0.3 is 14.6 Å². The van der Waals surface area contributed by atoms with Gasteiger partial charge in [0.25, 0.3) is 0 Å². The molecular weight excluding hydrogens is 182 g/mol. The Balaban J connectivity index is 3.79. The van der Waals surface area contributed by atoms with Crippen LogP contribution in [0.1, 0.15) is 19.8 Å². The Morgan fingerprint density at radius 3 is 2.23 bits per heavy atom. The third-order valence-corrected chi connectivity index (χ3v) is 5.65. The summed E-state index contributed by atoms with van der Waals surface area (Å²) in [6.07, 6.45) is 2.27. The van der Waals surface area contributed by atoms with Crippen LogP contribution in [0.25, 0.3) is 0 Å². The van der Waals surface area contributed by atoms with Crippen molar-refractivity contribution in [3.63, 3.8) is 0 Å². The summed E-state index contributed by atoms with van der Waals surface area (Å²) in [5.74, 6) is 0.653. The molecule has 0 fully saturated rings. The summed E-state index contributed by atoms with van der Waals surface area (Å²) in [7, 11) is 1.63. The predicted octanol–water partition coefficient (Wildman–Crippen LogP) is 1.73. The molecule has 0 aromatic carbocycles. The van der Waals surface area contributed by atoms with E-state index in [0.29, 0.717) is 5.92 Å². The average molecular weight is 205 g/mol. The monoisotopic (exact) mass is 205 g/mol. The summed E-state index contributed by atoms with van der Waals surface area (Å²) >= 11 is 0. The second-order valence-electron chi connectivity index (χ2n) is 3.78. The van der Waals surface area contributed by atoms with Gasteiger partial charge in [-0.2, -0.15) is 0 Å². The average Bonchev–Trinajstić information content (AvgIpc) is 2.14. The van der Waals surface area contributed by atoms with Gasteiger partial charge in [0, 0.05) is 14.2 Å². The molecule has 3 nitrogen and oxygen atoms in total. The molecule has 13 heavy (non-hydrogen) atoms. The van der Waals surface area contributed by atoms with Gasteiger partial charge in [0.2, 0.25) is 0 Å². The van der Waals surface area contributed by atoms with Crippen molar-refractivity contribution in [3.8, 4) is 0 Å². The van der Waals surface area contributed by atoms with E-state index in [4.69, 9.17) is 14.6 Å². The maximum atomic E-state index is 5.45. The molecule has 0 amide bonds. The Bertz CT molecular complexity index is 129. The second kappa shape index (κ2) is 6.54. The van der Waals surface area contributed by atoms with Crippen molar-refractivity contribution in [2.24, 2.45) is 11.7 Å². The van der Waals surface area contributed by atoms with Gasteiger partial charge in [0.15, 0.2) is 0 Å². The van der Waals surface area contributed by atoms with Crippen molar-refractivity contribution in [1.82, 2.24) is 0 Å². The van der Waals surface area contributed by atoms with Gasteiger partial charge in [-0.05, 0) is 37.9 Å². The molecule has 0 rings (SSSR count). The Morgan fingerprint density at radius 1 is 1.31 bits per heavy atom. The quantitative estimate of drug-likeness (QED) is 0.644. The highest BCUT2D eigenvalue weighted by atomic mass is 28.4. The van der Waals surface area contributed by atoms with Gasteiger partial charge in [-0.3, -0.25) is 0 Å². The second-order valence-corrected chi connectivity index (χ2v) is 7.27. The maximum Gasteiger partial charge on any atom is 0.334 e. The largest absolute Gasteiger partial charge is 0.398 e. The van der Waals surface area contributed by atoms with Crippen LogP contribution in [-0.2, 0) is 8.85 Å². The summed E-state index contributed by atoms with van der Waals surface area (Å²) < 4.78 is 10.8. The van der Waals surface area contributed by atoms with Gasteiger partial charge in [-0.25, -0.2) is 0 Å². The molecule has 4 heteroatoms. The minimum Gasteiger partial charge on any atom is -0.398 e. The lowest BCUT2D eigenvalue weighted by atomic mass is 10.1. The molecule has 0 saturated carbocycles. The summed E-state index contributed by atoms with van der Waals surface area (Å²) in [5, 5.41) is 0. The SMILES string of the molecule is CO[Si](C)(CC(C)CCCN)OC. The molecular formula is C9H23NO2Si. The highest BCUT2D eigenvalue weighted by molar-refractivity contribution is 6.65. The third-order valence-electron chi connectivity index (χ3n) is 2.48. The number of rotatable bonds is 7. The smallest absolute Gasteiger partial charge is 0.334 e. The molecule has 0 aliphatic rings. The van der Waals surface area contributed by atoms with E-state index in [-0.39, 0.29) is 0 Å². The summed E-state index contributed by atoms with van der Waals surface area (Å²) in [5.41, 5.74) is 5.45. The molecule has 1 unspecified atom stereocenters. The molecule has 0 bridgehead atoms. The fraction of sp³-hybridized carbons (Fsp3) is 1.00. The van der Waals surface area contributed by atoms with Gasteiger partial charge in [0.1, 0.15) is 0 Å². The van der Waals surface area contributed by atoms with E-state index in [1.165, 1.54) is 6.42 Å². The van der Waals surface area contributed by atoms with Crippen LogP contribution in [0, 0.1) is 5.92 Å². The molecule has 0 radical (unpaired) electrons. The van der Waals surface area contributed by atoms with E-state index in [0.717, 1.165) is 19.0 Å². The van der Waals surface area contributed by atoms with Crippen LogP contribution in [-0.4, -0.2) is 29.3 Å². The van der Waals surface area contributed by atoms with E-state index >= 15 is 0 Å². The van der Waals surface area contributed by atoms with Gasteiger partial charge >= 0.3 is 8.56 Å². The molecule has 2 N–H and O–H groups in total. The predicted molar refractivity (Wildman–Crippen MR) is 57.9 cm³/mol. The lowest BCUT2D eigenvalue weighted by Crippen LogP contribution is -2.37. The standard InChI is InChI=1S/C9H23NO2Si/c1-9(6-5-7-10)8-13(4,11-2)12-3/h9H,5-8,10H2,1-4H3. The van der Waals surface area contributed by atoms with Gasteiger partial charge in [-0.15, -0.1) is 0 Å². The molecule has 0 aliphatic heterocycles. The first kappa shape index (κ1) is 13.1. The molecule has 0 aromatic rings. The van der Waals surface area contributed by atoms with Crippen LogP contribution >= 0.6 is 0 Å². The van der Waals surface area contributed by atoms with Crippen LogP contribution in [0.4, 0.5) is 0 Å². The molecule has 1 atom stereocenters. The normalized spacial score (nSPS) is 14.5. The molecule has 80 valence electrons. The van der Waals surface area contributed by atoms with Crippen molar-refractivity contribution >= 4 is 8.56 Å². The van der Waals surface area contributed by atoms with Crippen molar-refractivity contribution in [3.05, 3.63) is 0 Å². The maximum absolute atomic E-state index is 5.45. The zero-order chi connectivity index (χ0) is 10.3. The van der Waals surface area contributed by atoms with E-state index in [2.05, 4.69) is 13.5 Å². The van der Waals surface area contributed by atoms with Crippen molar-refractivity contribution in [1.29, 1.82) is 0 Å². The van der Waals surface area contributed by atoms with Crippen LogP contribution < -0.4 is 5.73 Å². The highest BCUT2D eigenvalue weighted by Crippen LogP contribution is 2.21. The van der Waals surface area contributed by atoms with Crippen molar-refractivity contribution < 1.29 is 8.85 Å². The van der Waals surface area contributed by atoms with E-state index < -0.39 is 8.56 Å². The summed E-state index contributed by atoms with van der Waals surface area (Å²) in [6, 6.07) is 1.06. The lowest BCUT2D eigenvalue weighted by molar-refractivity contribution is 0.241. The van der Waals surface area contributed by atoms with Gasteiger partial charge in [-0.1, -0.05) is 6.92 Å². The molecule has 0 spiro atoms. The van der Waals surface area contributed by atoms with E-state index in [1.54, 1.807) is 14.2 Å². The van der Waals surface area contributed by atoms with Crippen LogP contribution in [0.5, 0.6) is 0 Å². The number of hydrogen-bond donors (Lipinski definition) is 1. The summed E-state index contributed by atoms with van der Waals surface area (Å²) in [6.45, 7) is 5.12. The van der Waals surface area contributed by atoms with E-state index in [1.807, 2.05) is 0 Å². The fourth-order valence-corrected chi connectivity index (χ4v) is 3.42. The Kier molecular flexibility index (Phi) is 6.58. The first-order valence-electron chi connectivity index (χ1n) is 4.88. The van der Waals surface area contributed by atoms with Gasteiger partial charge in [0.05, 0.1) is 0 Å². The van der Waals surface area contributed by atoms with Crippen LogP contribution in [0.3, 0.4) is 0 Å². The Hall–Kier alpha value is 0.0969. The number of nitrogens with two attached hydrogens (primary N) is 1. The van der Waals surface area contributed by atoms with Crippen LogP contribution in [0.2, 0.25) is 12.6 Å². The zero-order valence-electron chi connectivity index (χ0n) is 9.30. The minimum absolute atomic E-state index is 0.653. The Morgan fingerprint density at radius 2 is 1.85 bits per heavy atom. The summed E-state index contributed by atoms with van der Waals surface area (Å²) in [4.78, 5) is 0. The molecule has 0 aromatic heterocycles. The molecule has 0 heterocycles. The highest BCUT2D eigenvalue weighted by Gasteiger charge is 2.30. The fourth-order valence-electron chi connectivity index (χ4n) is 1.45. The number of hydrogen-bond acceptors (Lipinski definition) is 3. The lowest BCUT2D eigenvalue weighted by Gasteiger charge is -2.25. The molecule has 0 saturated heterocycles. The first-order valence-corrected chi connectivity index (χ1v) is 7.40. The van der Waals surface area contributed by atoms with Crippen molar-refractivity contribution in [2.45, 2.75) is 32.4 Å². The Labute approximate surface area is 82.9 Å². The zero-order valence-corrected chi connectivity index (χ0v) is 10.3. The van der Waals surface area contributed by atoms with E-state index in [9.17, 15) is 0 Å². The third kappa shape index (κ3) is 5.41. The molecule has 0 aliphatic carbocycles. The minimum atomic E-state index is -1.85.